The van der Waals surface area contributed by atoms with Crippen molar-refractivity contribution in [2.45, 2.75) is 33.1 Å². The quantitative estimate of drug-likeness (QED) is 0.612. The fourth-order valence-electron chi connectivity index (χ4n) is 3.76. The number of aromatic hydroxyl groups is 1. The largest absolute Gasteiger partial charge is 0.503 e. The van der Waals surface area contributed by atoms with Crippen LogP contribution < -0.4 is 0 Å². The first-order valence-electron chi connectivity index (χ1n) is 9.29. The Labute approximate surface area is 170 Å². The first kappa shape index (κ1) is 21.4. The second-order valence-corrected chi connectivity index (χ2v) is 7.59. The second kappa shape index (κ2) is 7.85. The van der Waals surface area contributed by atoms with Crippen LogP contribution in [-0.2, 0) is 4.79 Å². The van der Waals surface area contributed by atoms with Crippen molar-refractivity contribution in [1.29, 1.82) is 0 Å². The van der Waals surface area contributed by atoms with E-state index < -0.39 is 41.0 Å². The molecule has 8 heteroatoms. The maximum Gasteiger partial charge on any atom is 0.311 e. The van der Waals surface area contributed by atoms with Gasteiger partial charge in [0, 0.05) is 22.7 Å². The van der Waals surface area contributed by atoms with E-state index in [1.54, 1.807) is 13.8 Å². The summed E-state index contributed by atoms with van der Waals surface area (Å²) in [4.78, 5) is 25.1. The number of carbonyl (C=O) groups is 2. The van der Waals surface area contributed by atoms with Crippen LogP contribution in [0, 0.1) is 30.3 Å². The summed E-state index contributed by atoms with van der Waals surface area (Å²) >= 11 is 0. The number of hydrogen-bond acceptors (Lipinski definition) is 3. The van der Waals surface area contributed by atoms with Gasteiger partial charge in [0.2, 0.25) is 0 Å². The van der Waals surface area contributed by atoms with Gasteiger partial charge < -0.3 is 10.2 Å². The topological polar surface area (TPSA) is 79.5 Å². The van der Waals surface area contributed by atoms with Gasteiger partial charge in [0.05, 0.1) is 11.4 Å². The Morgan fingerprint density at radius 1 is 1.13 bits per heavy atom. The molecule has 3 rings (SSSR count). The van der Waals surface area contributed by atoms with Crippen molar-refractivity contribution >= 4 is 22.8 Å². The molecule has 0 radical (unpaired) electrons. The Balaban J connectivity index is 2.40. The fraction of sp³-hybridized carbons (Fsp3) is 0.273. The third kappa shape index (κ3) is 3.53. The van der Waals surface area contributed by atoms with E-state index in [2.05, 4.69) is 0 Å². The Bertz CT molecular complexity index is 1170. The number of carbonyl (C=O) groups excluding carboxylic acids is 1. The highest BCUT2D eigenvalue weighted by Gasteiger charge is 2.33. The van der Waals surface area contributed by atoms with E-state index in [-0.39, 0.29) is 40.1 Å². The number of phenolic OH excluding ortho intramolecular Hbond substituents is 1. The fourth-order valence-corrected chi connectivity index (χ4v) is 3.76. The van der Waals surface area contributed by atoms with Crippen LogP contribution >= 0.6 is 0 Å². The van der Waals surface area contributed by atoms with E-state index in [1.165, 1.54) is 19.1 Å². The van der Waals surface area contributed by atoms with Gasteiger partial charge in [-0.05, 0) is 43.0 Å². The maximum atomic E-state index is 14.9. The van der Waals surface area contributed by atoms with Crippen molar-refractivity contribution in [1.82, 2.24) is 4.57 Å². The average molecular weight is 419 g/mol. The minimum absolute atomic E-state index is 0.0243. The van der Waals surface area contributed by atoms with Crippen LogP contribution in [0.2, 0.25) is 0 Å². The van der Waals surface area contributed by atoms with Gasteiger partial charge in [0.15, 0.2) is 17.4 Å². The number of halogens is 3. The van der Waals surface area contributed by atoms with Crippen LogP contribution in [0.3, 0.4) is 0 Å². The van der Waals surface area contributed by atoms with E-state index in [9.17, 15) is 33.0 Å². The van der Waals surface area contributed by atoms with E-state index in [0.717, 1.165) is 22.8 Å². The minimum atomic E-state index is -1.34. The number of rotatable bonds is 5. The highest BCUT2D eigenvalue weighted by atomic mass is 19.1. The summed E-state index contributed by atoms with van der Waals surface area (Å²) in [7, 11) is 0. The van der Waals surface area contributed by atoms with Crippen LogP contribution in [0.1, 0.15) is 47.8 Å². The molecule has 1 heterocycles. The Morgan fingerprint density at radius 2 is 1.80 bits per heavy atom. The van der Waals surface area contributed by atoms with Gasteiger partial charge in [-0.15, -0.1) is 0 Å². The van der Waals surface area contributed by atoms with Gasteiger partial charge in [0.25, 0.3) is 5.91 Å². The Morgan fingerprint density at radius 3 is 2.37 bits per heavy atom. The van der Waals surface area contributed by atoms with Crippen molar-refractivity contribution in [2.24, 2.45) is 5.92 Å². The number of phenols is 1. The molecular weight excluding hydrogens is 399 g/mol. The molecule has 0 aliphatic rings. The predicted octanol–water partition coefficient (Wildman–Crippen LogP) is 4.98. The molecule has 1 atom stereocenters. The molecule has 1 aromatic heterocycles. The van der Waals surface area contributed by atoms with Gasteiger partial charge in [-0.2, -0.15) is 0 Å². The molecule has 0 unspecified atom stereocenters. The summed E-state index contributed by atoms with van der Waals surface area (Å²) < 4.78 is 43.7. The molecule has 0 saturated heterocycles. The van der Waals surface area contributed by atoms with Crippen LogP contribution in [0.25, 0.3) is 10.9 Å². The van der Waals surface area contributed by atoms with Crippen molar-refractivity contribution in [3.05, 3.63) is 64.6 Å². The number of fused-ring (bicyclic) bond motifs is 1. The second-order valence-electron chi connectivity index (χ2n) is 7.59. The number of nitrogens with zero attached hydrogens (tertiary/aromatic N) is 1. The summed E-state index contributed by atoms with van der Waals surface area (Å²) in [5, 5.41) is 19.2. The van der Waals surface area contributed by atoms with Crippen LogP contribution in [0.15, 0.2) is 30.3 Å². The number of hydrogen-bond donors (Lipinski definition) is 2. The smallest absolute Gasteiger partial charge is 0.311 e. The zero-order chi connectivity index (χ0) is 22.3. The summed E-state index contributed by atoms with van der Waals surface area (Å²) in [5.41, 5.74) is -0.259. The van der Waals surface area contributed by atoms with Crippen LogP contribution in [-0.4, -0.2) is 26.7 Å². The van der Waals surface area contributed by atoms with Crippen LogP contribution in [0.4, 0.5) is 13.2 Å². The van der Waals surface area contributed by atoms with Gasteiger partial charge in [-0.25, -0.2) is 13.2 Å². The molecule has 0 fully saturated rings. The van der Waals surface area contributed by atoms with E-state index in [1.807, 2.05) is 0 Å². The molecular formula is C22H20F3NO4. The summed E-state index contributed by atoms with van der Waals surface area (Å²) in [6.07, 6.45) is 0.126. The lowest BCUT2D eigenvalue weighted by Crippen LogP contribution is -2.17. The van der Waals surface area contributed by atoms with E-state index in [4.69, 9.17) is 0 Å². The molecule has 3 aromatic rings. The summed E-state index contributed by atoms with van der Waals surface area (Å²) in [6, 6.07) is 5.55. The van der Waals surface area contributed by atoms with Crippen molar-refractivity contribution in [3.8, 4) is 5.75 Å². The third-order valence-corrected chi connectivity index (χ3v) is 5.04. The van der Waals surface area contributed by atoms with Crippen LogP contribution in [0.5, 0.6) is 5.75 Å². The minimum Gasteiger partial charge on any atom is -0.503 e. The van der Waals surface area contributed by atoms with Gasteiger partial charge in [0.1, 0.15) is 5.82 Å². The standard InChI is InChI=1S/C22H20F3NO4/c1-10(2)7-14(22(29)30)17-11(3)26(21(28)12-5-4-6-13(23)8-12)16-9-15(24)20(27)19(25)18(16)17/h4-6,8-10,14,27H,7H2,1-3H3,(H,29,30)/t14-/m0/s1. The van der Waals surface area contributed by atoms with Gasteiger partial charge >= 0.3 is 5.97 Å². The molecule has 0 saturated carbocycles. The number of carboxylic acid groups (broad SMARTS) is 1. The molecule has 0 bridgehead atoms. The molecule has 0 aliphatic heterocycles. The molecule has 2 N–H and O–H groups in total. The zero-order valence-electron chi connectivity index (χ0n) is 16.5. The first-order valence-corrected chi connectivity index (χ1v) is 9.29. The lowest BCUT2D eigenvalue weighted by atomic mass is 9.88. The molecule has 30 heavy (non-hydrogen) atoms. The molecule has 5 nitrogen and oxygen atoms in total. The van der Waals surface area contributed by atoms with Gasteiger partial charge in [-0.1, -0.05) is 19.9 Å². The number of benzene rings is 2. The highest BCUT2D eigenvalue weighted by Crippen LogP contribution is 2.40. The van der Waals surface area contributed by atoms with Gasteiger partial charge in [-0.3, -0.25) is 14.2 Å². The first-order chi connectivity index (χ1) is 14.0. The zero-order valence-corrected chi connectivity index (χ0v) is 16.5. The number of carboxylic acids is 1. The number of aliphatic carboxylic acids is 1. The molecule has 2 aromatic carbocycles. The van der Waals surface area contributed by atoms with E-state index >= 15 is 0 Å². The summed E-state index contributed by atoms with van der Waals surface area (Å²) in [6.45, 7) is 4.99. The molecule has 158 valence electrons. The normalized spacial score (nSPS) is 12.5. The molecule has 0 amide bonds. The average Bonchev–Trinajstić information content (AvgIpc) is 2.95. The maximum absolute atomic E-state index is 14.9. The predicted molar refractivity (Wildman–Crippen MR) is 104 cm³/mol. The Hall–Kier alpha value is -3.29. The Kier molecular flexibility index (Phi) is 5.61. The number of aromatic nitrogens is 1. The van der Waals surface area contributed by atoms with E-state index in [0.29, 0.717) is 0 Å². The van der Waals surface area contributed by atoms with Crippen molar-refractivity contribution in [2.75, 3.05) is 0 Å². The summed E-state index contributed by atoms with van der Waals surface area (Å²) in [5.74, 6) is -7.87. The third-order valence-electron chi connectivity index (χ3n) is 5.04. The van der Waals surface area contributed by atoms with Crippen molar-refractivity contribution < 1.29 is 33.0 Å². The van der Waals surface area contributed by atoms with Crippen molar-refractivity contribution in [3.63, 3.8) is 0 Å². The molecule has 0 aliphatic carbocycles. The highest BCUT2D eigenvalue weighted by molar-refractivity contribution is 6.05. The SMILES string of the molecule is Cc1c([C@H](CC(C)C)C(=O)O)c2c(F)c(O)c(F)cc2n1C(=O)c1cccc(F)c1. The lowest BCUT2D eigenvalue weighted by Gasteiger charge is -2.16. The monoisotopic (exact) mass is 419 g/mol. The lowest BCUT2D eigenvalue weighted by molar-refractivity contribution is -0.139. The molecule has 0 spiro atoms.